The molecule has 0 heterocycles. The Morgan fingerprint density at radius 2 is 1.76 bits per heavy atom. The van der Waals surface area contributed by atoms with Crippen molar-refractivity contribution in [1.82, 2.24) is 10.6 Å². The van der Waals surface area contributed by atoms with Gasteiger partial charge in [0, 0.05) is 19.5 Å². The summed E-state index contributed by atoms with van der Waals surface area (Å²) in [5, 5.41) is 6.43. The topological polar surface area (TPSA) is 41.1 Å². The quantitative estimate of drug-likeness (QED) is 0.705. The number of amides is 1. The van der Waals surface area contributed by atoms with E-state index in [0.29, 0.717) is 17.8 Å². The second kappa shape index (κ2) is 8.77. The van der Waals surface area contributed by atoms with E-state index in [1.54, 1.807) is 0 Å². The Hall–Kier alpha value is -0.570. The van der Waals surface area contributed by atoms with E-state index in [-0.39, 0.29) is 5.91 Å². The van der Waals surface area contributed by atoms with E-state index < -0.39 is 0 Å². The molecule has 0 aromatic heterocycles. The van der Waals surface area contributed by atoms with Gasteiger partial charge in [0.15, 0.2) is 0 Å². The van der Waals surface area contributed by atoms with Crippen LogP contribution in [-0.4, -0.2) is 25.5 Å². The second-order valence-corrected chi connectivity index (χ2v) is 8.24. The minimum atomic E-state index is 0.174. The number of rotatable bonds is 7. The molecule has 1 saturated carbocycles. The number of hydrogen-bond donors (Lipinski definition) is 2. The first kappa shape index (κ1) is 18.5. The van der Waals surface area contributed by atoms with E-state index in [0.717, 1.165) is 31.5 Å². The third kappa shape index (κ3) is 7.85. The predicted octanol–water partition coefficient (Wildman–Crippen LogP) is 3.59. The van der Waals surface area contributed by atoms with Crippen LogP contribution >= 0.6 is 0 Å². The van der Waals surface area contributed by atoms with Gasteiger partial charge in [-0.3, -0.25) is 4.79 Å². The predicted molar refractivity (Wildman–Crippen MR) is 90.2 cm³/mol. The van der Waals surface area contributed by atoms with Crippen molar-refractivity contribution in [2.45, 2.75) is 66.7 Å². The first-order valence-corrected chi connectivity index (χ1v) is 8.76. The van der Waals surface area contributed by atoms with Gasteiger partial charge in [-0.15, -0.1) is 0 Å². The molecule has 0 radical (unpaired) electrons. The molecule has 0 aromatic carbocycles. The Balaban J connectivity index is 2.06. The van der Waals surface area contributed by atoms with Crippen LogP contribution in [0.3, 0.4) is 0 Å². The molecule has 1 aliphatic rings. The lowest BCUT2D eigenvalue weighted by Crippen LogP contribution is -2.33. The van der Waals surface area contributed by atoms with E-state index in [9.17, 15) is 4.79 Å². The molecule has 3 heteroatoms. The fourth-order valence-electron chi connectivity index (χ4n) is 3.15. The summed E-state index contributed by atoms with van der Waals surface area (Å²) < 4.78 is 0. The molecule has 0 unspecified atom stereocenters. The van der Waals surface area contributed by atoms with Crippen molar-refractivity contribution >= 4 is 5.91 Å². The first-order valence-electron chi connectivity index (χ1n) is 8.76. The zero-order valence-corrected chi connectivity index (χ0v) is 14.8. The van der Waals surface area contributed by atoms with E-state index in [2.05, 4.69) is 45.3 Å². The van der Waals surface area contributed by atoms with E-state index in [1.807, 2.05) is 0 Å². The Bertz CT molecular complexity index is 299. The number of carbonyl (C=O) groups is 1. The van der Waals surface area contributed by atoms with Gasteiger partial charge in [0.1, 0.15) is 0 Å². The third-order valence-corrected chi connectivity index (χ3v) is 4.74. The minimum Gasteiger partial charge on any atom is -0.356 e. The molecule has 124 valence electrons. The van der Waals surface area contributed by atoms with Gasteiger partial charge in [-0.05, 0) is 55.4 Å². The fourth-order valence-corrected chi connectivity index (χ4v) is 3.15. The normalized spacial score (nSPS) is 23.3. The summed E-state index contributed by atoms with van der Waals surface area (Å²) in [5.74, 6) is 2.39. The zero-order valence-electron chi connectivity index (χ0n) is 14.8. The highest BCUT2D eigenvalue weighted by Crippen LogP contribution is 2.39. The van der Waals surface area contributed by atoms with Crippen LogP contribution < -0.4 is 10.6 Å². The van der Waals surface area contributed by atoms with Crippen molar-refractivity contribution in [2.24, 2.45) is 23.2 Å². The van der Waals surface area contributed by atoms with Crippen LogP contribution in [0.1, 0.15) is 66.7 Å². The summed E-state index contributed by atoms with van der Waals surface area (Å²) in [7, 11) is 0. The zero-order chi connectivity index (χ0) is 15.9. The molecule has 3 nitrogen and oxygen atoms in total. The summed E-state index contributed by atoms with van der Waals surface area (Å²) in [5.41, 5.74) is 0.465. The van der Waals surface area contributed by atoms with Crippen LogP contribution in [0.15, 0.2) is 0 Å². The lowest BCUT2D eigenvalue weighted by atomic mass is 9.70. The van der Waals surface area contributed by atoms with Gasteiger partial charge in [0.25, 0.3) is 0 Å². The molecule has 1 fully saturated rings. The van der Waals surface area contributed by atoms with Crippen molar-refractivity contribution < 1.29 is 4.79 Å². The van der Waals surface area contributed by atoms with Crippen molar-refractivity contribution in [2.75, 3.05) is 19.6 Å². The highest BCUT2D eigenvalue weighted by molar-refractivity contribution is 5.76. The van der Waals surface area contributed by atoms with Crippen LogP contribution in [0, 0.1) is 23.2 Å². The van der Waals surface area contributed by atoms with Gasteiger partial charge < -0.3 is 10.6 Å². The molecule has 1 rings (SSSR count). The molecular formula is C18H36N2O. The van der Waals surface area contributed by atoms with Crippen LogP contribution in [0.5, 0.6) is 0 Å². The van der Waals surface area contributed by atoms with Gasteiger partial charge in [0.05, 0.1) is 0 Å². The molecule has 0 spiro atoms. The number of carbonyl (C=O) groups excluding carboxylic acids is 1. The summed E-state index contributed by atoms with van der Waals surface area (Å²) in [6, 6.07) is 0. The fraction of sp³-hybridized carbons (Fsp3) is 0.944. The van der Waals surface area contributed by atoms with Gasteiger partial charge in [-0.1, -0.05) is 34.6 Å². The van der Waals surface area contributed by atoms with Gasteiger partial charge >= 0.3 is 0 Å². The molecule has 2 N–H and O–H groups in total. The van der Waals surface area contributed by atoms with E-state index in [4.69, 9.17) is 0 Å². The monoisotopic (exact) mass is 296 g/mol. The maximum absolute atomic E-state index is 11.6. The molecule has 21 heavy (non-hydrogen) atoms. The maximum atomic E-state index is 11.6. The molecule has 1 aliphatic carbocycles. The Morgan fingerprint density at radius 1 is 1.14 bits per heavy atom. The number of nitrogens with one attached hydrogen (secondary N) is 2. The Kier molecular flexibility index (Phi) is 7.72. The van der Waals surface area contributed by atoms with Crippen molar-refractivity contribution in [1.29, 1.82) is 0 Å². The Labute approximate surface area is 131 Å². The molecule has 0 saturated heterocycles. The molecular weight excluding hydrogens is 260 g/mol. The van der Waals surface area contributed by atoms with Crippen LogP contribution in [0.4, 0.5) is 0 Å². The maximum Gasteiger partial charge on any atom is 0.221 e. The highest BCUT2D eigenvalue weighted by atomic mass is 16.1. The standard InChI is InChI=1S/C18H36N2O/c1-14(2)12-20-17(21)10-11-19-13-15-6-8-16(9-7-15)18(3,4)5/h14-16,19H,6-13H2,1-5H3,(H,20,21). The summed E-state index contributed by atoms with van der Waals surface area (Å²) >= 11 is 0. The molecule has 0 aromatic rings. The average Bonchev–Trinajstić information content (AvgIpc) is 2.41. The third-order valence-electron chi connectivity index (χ3n) is 4.74. The molecule has 0 aliphatic heterocycles. The molecule has 0 bridgehead atoms. The van der Waals surface area contributed by atoms with Gasteiger partial charge in [-0.25, -0.2) is 0 Å². The molecule has 0 atom stereocenters. The summed E-state index contributed by atoms with van der Waals surface area (Å²) in [6.07, 6.45) is 6.02. The second-order valence-electron chi connectivity index (χ2n) is 8.24. The minimum absolute atomic E-state index is 0.174. The van der Waals surface area contributed by atoms with Crippen molar-refractivity contribution in [3.05, 3.63) is 0 Å². The largest absolute Gasteiger partial charge is 0.356 e. The average molecular weight is 296 g/mol. The van der Waals surface area contributed by atoms with Crippen LogP contribution in [0.2, 0.25) is 0 Å². The lowest BCUT2D eigenvalue weighted by molar-refractivity contribution is -0.121. The molecule has 1 amide bonds. The summed E-state index contributed by atoms with van der Waals surface area (Å²) in [6.45, 7) is 14.0. The van der Waals surface area contributed by atoms with E-state index in [1.165, 1.54) is 25.7 Å². The van der Waals surface area contributed by atoms with Crippen molar-refractivity contribution in [3.8, 4) is 0 Å². The highest BCUT2D eigenvalue weighted by Gasteiger charge is 2.29. The lowest BCUT2D eigenvalue weighted by Gasteiger charge is -2.37. The van der Waals surface area contributed by atoms with Crippen LogP contribution in [0.25, 0.3) is 0 Å². The van der Waals surface area contributed by atoms with Gasteiger partial charge in [0.2, 0.25) is 5.91 Å². The van der Waals surface area contributed by atoms with Crippen LogP contribution in [-0.2, 0) is 4.79 Å². The number of hydrogen-bond acceptors (Lipinski definition) is 2. The summed E-state index contributed by atoms with van der Waals surface area (Å²) in [4.78, 5) is 11.6. The van der Waals surface area contributed by atoms with Gasteiger partial charge in [-0.2, -0.15) is 0 Å². The first-order chi connectivity index (χ1) is 9.79. The smallest absolute Gasteiger partial charge is 0.221 e. The van der Waals surface area contributed by atoms with Crippen molar-refractivity contribution in [3.63, 3.8) is 0 Å². The SMILES string of the molecule is CC(C)CNC(=O)CCNCC1CCC(C(C)(C)C)CC1. The Morgan fingerprint density at radius 3 is 2.29 bits per heavy atom. The van der Waals surface area contributed by atoms with E-state index >= 15 is 0 Å².